The molecule has 0 aliphatic carbocycles. The quantitative estimate of drug-likeness (QED) is 0.388. The van der Waals surface area contributed by atoms with Gasteiger partial charge < -0.3 is 21.1 Å². The van der Waals surface area contributed by atoms with Gasteiger partial charge in [0.1, 0.15) is 6.04 Å². The molecule has 0 radical (unpaired) electrons. The van der Waals surface area contributed by atoms with Crippen LogP contribution in [-0.4, -0.2) is 41.5 Å². The van der Waals surface area contributed by atoms with E-state index in [-0.39, 0.29) is 11.3 Å². The molecule has 1 aliphatic rings. The van der Waals surface area contributed by atoms with E-state index in [2.05, 4.69) is 5.32 Å². The Morgan fingerprint density at radius 3 is 2.74 bits per heavy atom. The second-order valence-corrected chi connectivity index (χ2v) is 7.26. The summed E-state index contributed by atoms with van der Waals surface area (Å²) in [5.74, 6) is -1.83. The molecule has 1 aliphatic heterocycles. The van der Waals surface area contributed by atoms with E-state index in [1.165, 1.54) is 17.4 Å². The van der Waals surface area contributed by atoms with E-state index >= 15 is 0 Å². The van der Waals surface area contributed by atoms with Gasteiger partial charge in [-0.25, -0.2) is 0 Å². The molecular weight excluding hydrogens is 411 g/mol. The van der Waals surface area contributed by atoms with E-state index in [1.54, 1.807) is 12.1 Å². The van der Waals surface area contributed by atoms with Gasteiger partial charge in [0, 0.05) is 24.7 Å². The first-order valence-electron chi connectivity index (χ1n) is 8.01. The first-order valence-corrected chi connectivity index (χ1v) is 9.71. The van der Waals surface area contributed by atoms with Crippen molar-refractivity contribution < 1.29 is 14.7 Å². The topological polar surface area (TPSA) is 122 Å². The Kier molecular flexibility index (Phi) is 7.43. The first-order chi connectivity index (χ1) is 12.8. The fourth-order valence-corrected chi connectivity index (χ4v) is 3.38. The van der Waals surface area contributed by atoms with Crippen molar-refractivity contribution >= 4 is 47.0 Å². The molecule has 0 saturated carbocycles. The lowest BCUT2D eigenvalue weighted by atomic mass is 10.1. The molecule has 0 saturated heterocycles. The maximum Gasteiger partial charge on any atom is 0.289 e. The van der Waals surface area contributed by atoms with Crippen LogP contribution in [0.2, 0.25) is 10.0 Å². The van der Waals surface area contributed by atoms with Gasteiger partial charge in [0.25, 0.3) is 11.8 Å². The molecule has 1 atom stereocenters. The Hall–Kier alpha value is -1.87. The van der Waals surface area contributed by atoms with Crippen LogP contribution in [0.1, 0.15) is 12.0 Å². The molecule has 0 fully saturated rings. The lowest BCUT2D eigenvalue weighted by Gasteiger charge is -2.22. The fourth-order valence-electron chi connectivity index (χ4n) is 2.77. The van der Waals surface area contributed by atoms with Gasteiger partial charge in [-0.05, 0) is 30.5 Å². The number of carbonyl (C=O) groups excluding carboxylic acids is 2. The second kappa shape index (κ2) is 9.36. The standard InChI is InChI=1S/C17H20Cl2N4O3S/c1-23-14(12(20)8-27-21)13(15(24)17(23)26)16(25)22-6-2-3-9-4-5-10(18)11(19)7-9/h4-5,7-8,14,24H,2-3,6,20-21H2,1H3,(H,22,25)/b12-8-. The van der Waals surface area contributed by atoms with E-state index in [4.69, 9.17) is 34.1 Å². The molecule has 1 unspecified atom stereocenters. The number of nitrogens with one attached hydrogen (secondary N) is 1. The Labute approximate surface area is 171 Å². The van der Waals surface area contributed by atoms with E-state index < -0.39 is 23.6 Å². The van der Waals surface area contributed by atoms with Crippen molar-refractivity contribution in [2.24, 2.45) is 10.9 Å². The van der Waals surface area contributed by atoms with E-state index in [1.807, 2.05) is 6.07 Å². The Balaban J connectivity index is 1.99. The lowest BCUT2D eigenvalue weighted by molar-refractivity contribution is -0.127. The number of nitrogens with zero attached hydrogens (tertiary/aromatic N) is 1. The lowest BCUT2D eigenvalue weighted by Crippen LogP contribution is -2.40. The number of nitrogens with two attached hydrogens (primary N) is 2. The zero-order valence-corrected chi connectivity index (χ0v) is 16.9. The van der Waals surface area contributed by atoms with Crippen LogP contribution in [0, 0.1) is 0 Å². The van der Waals surface area contributed by atoms with Crippen LogP contribution in [0.3, 0.4) is 0 Å². The highest BCUT2D eigenvalue weighted by Crippen LogP contribution is 2.27. The largest absolute Gasteiger partial charge is 0.503 e. The van der Waals surface area contributed by atoms with Gasteiger partial charge in [-0.15, -0.1) is 0 Å². The molecule has 146 valence electrons. The van der Waals surface area contributed by atoms with Gasteiger partial charge in [-0.2, -0.15) is 0 Å². The van der Waals surface area contributed by atoms with Gasteiger partial charge in [-0.1, -0.05) is 41.2 Å². The third kappa shape index (κ3) is 4.90. The summed E-state index contributed by atoms with van der Waals surface area (Å²) in [6.45, 7) is 0.343. The average Bonchev–Trinajstić information content (AvgIpc) is 2.86. The summed E-state index contributed by atoms with van der Waals surface area (Å²) in [6, 6.07) is 4.50. The smallest absolute Gasteiger partial charge is 0.289 e. The number of likely N-dealkylation sites (N-methyl/N-ethyl adjacent to an activating group) is 1. The fraction of sp³-hybridized carbons (Fsp3) is 0.294. The van der Waals surface area contributed by atoms with Crippen LogP contribution in [-0.2, 0) is 16.0 Å². The molecule has 0 spiro atoms. The Bertz CT molecular complexity index is 813. The van der Waals surface area contributed by atoms with Crippen molar-refractivity contribution in [3.05, 3.63) is 56.2 Å². The normalized spacial score (nSPS) is 17.6. The molecule has 1 aromatic carbocycles. The number of carbonyl (C=O) groups is 2. The highest BCUT2D eigenvalue weighted by Gasteiger charge is 2.42. The van der Waals surface area contributed by atoms with Crippen molar-refractivity contribution in [3.63, 3.8) is 0 Å². The van der Waals surface area contributed by atoms with Gasteiger partial charge in [-0.3, -0.25) is 14.7 Å². The number of aryl methyl sites for hydroxylation is 1. The van der Waals surface area contributed by atoms with Gasteiger partial charge in [0.15, 0.2) is 5.76 Å². The van der Waals surface area contributed by atoms with E-state index in [0.29, 0.717) is 29.4 Å². The van der Waals surface area contributed by atoms with Crippen LogP contribution < -0.4 is 16.2 Å². The number of hydrogen-bond donors (Lipinski definition) is 4. The molecule has 10 heteroatoms. The van der Waals surface area contributed by atoms with Crippen LogP contribution in [0.25, 0.3) is 0 Å². The maximum atomic E-state index is 12.5. The molecule has 2 amide bonds. The van der Waals surface area contributed by atoms with E-state index in [0.717, 1.165) is 17.5 Å². The predicted molar refractivity (Wildman–Crippen MR) is 108 cm³/mol. The van der Waals surface area contributed by atoms with Crippen molar-refractivity contribution in [2.75, 3.05) is 13.6 Å². The molecule has 27 heavy (non-hydrogen) atoms. The highest BCUT2D eigenvalue weighted by molar-refractivity contribution is 8.00. The van der Waals surface area contributed by atoms with E-state index in [9.17, 15) is 14.7 Å². The third-order valence-corrected chi connectivity index (χ3v) is 5.26. The number of rotatable bonds is 7. The Morgan fingerprint density at radius 1 is 1.41 bits per heavy atom. The maximum absolute atomic E-state index is 12.5. The number of benzene rings is 1. The number of aliphatic hydroxyl groups is 1. The monoisotopic (exact) mass is 430 g/mol. The molecule has 6 N–H and O–H groups in total. The molecule has 0 bridgehead atoms. The third-order valence-electron chi connectivity index (χ3n) is 4.12. The Morgan fingerprint density at radius 2 is 2.11 bits per heavy atom. The average molecular weight is 431 g/mol. The summed E-state index contributed by atoms with van der Waals surface area (Å²) in [4.78, 5) is 25.7. The molecule has 1 aromatic rings. The molecule has 0 aromatic heterocycles. The summed E-state index contributed by atoms with van der Waals surface area (Å²) in [5, 5.41) is 20.5. The van der Waals surface area contributed by atoms with Crippen molar-refractivity contribution in [1.29, 1.82) is 0 Å². The minimum absolute atomic E-state index is 0.0835. The summed E-state index contributed by atoms with van der Waals surface area (Å²) in [5.41, 5.74) is 7.01. The summed E-state index contributed by atoms with van der Waals surface area (Å²) >= 11 is 12.7. The van der Waals surface area contributed by atoms with Crippen LogP contribution in [0.15, 0.2) is 40.6 Å². The minimum Gasteiger partial charge on any atom is -0.503 e. The SMILES string of the molecule is CN1C(=O)C(O)=C(C(=O)NCCCc2ccc(Cl)c(Cl)c2)C1/C(N)=C/SN. The van der Waals surface area contributed by atoms with Gasteiger partial charge >= 0.3 is 0 Å². The van der Waals surface area contributed by atoms with Crippen LogP contribution in [0.4, 0.5) is 0 Å². The van der Waals surface area contributed by atoms with Gasteiger partial charge in [0.2, 0.25) is 0 Å². The summed E-state index contributed by atoms with van der Waals surface area (Å²) in [7, 11) is 1.45. The van der Waals surface area contributed by atoms with Crippen LogP contribution >= 0.6 is 35.1 Å². The first kappa shape index (κ1) is 21.4. The molecule has 1 heterocycles. The van der Waals surface area contributed by atoms with Crippen molar-refractivity contribution in [3.8, 4) is 0 Å². The molecule has 2 rings (SSSR count). The molecule has 7 nitrogen and oxygen atoms in total. The summed E-state index contributed by atoms with van der Waals surface area (Å²) in [6.07, 6.45) is 1.31. The molecular formula is C17H20Cl2N4O3S. The summed E-state index contributed by atoms with van der Waals surface area (Å²) < 4.78 is 0. The van der Waals surface area contributed by atoms with Crippen molar-refractivity contribution in [2.45, 2.75) is 18.9 Å². The number of amides is 2. The van der Waals surface area contributed by atoms with Crippen molar-refractivity contribution in [1.82, 2.24) is 10.2 Å². The van der Waals surface area contributed by atoms with Gasteiger partial charge in [0.05, 0.1) is 15.6 Å². The number of halogens is 2. The second-order valence-electron chi connectivity index (χ2n) is 5.94. The number of hydrogen-bond acceptors (Lipinski definition) is 6. The zero-order chi connectivity index (χ0) is 20.1. The zero-order valence-electron chi connectivity index (χ0n) is 14.5. The minimum atomic E-state index is -0.858. The highest BCUT2D eigenvalue weighted by atomic mass is 35.5. The number of aliphatic hydroxyl groups excluding tert-OH is 1. The predicted octanol–water partition coefficient (Wildman–Crippen LogP) is 2.10. The van der Waals surface area contributed by atoms with Crippen LogP contribution in [0.5, 0.6) is 0 Å².